The summed E-state index contributed by atoms with van der Waals surface area (Å²) in [6, 6.07) is 13.8. The molecule has 0 aromatic heterocycles. The third-order valence-corrected chi connectivity index (χ3v) is 2.93. The molecule has 3 nitrogen and oxygen atoms in total. The van der Waals surface area contributed by atoms with E-state index < -0.39 is 11.5 Å². The highest BCUT2D eigenvalue weighted by Crippen LogP contribution is 2.21. The van der Waals surface area contributed by atoms with Crippen LogP contribution in [0.2, 0.25) is 0 Å². The summed E-state index contributed by atoms with van der Waals surface area (Å²) in [7, 11) is 0. The molecule has 2 aromatic carbocycles. The molecular formula is C14H15NO2. The number of nitrogens with two attached hydrogens (primary N) is 1. The highest BCUT2D eigenvalue weighted by molar-refractivity contribution is 5.87. The van der Waals surface area contributed by atoms with Crippen LogP contribution < -0.4 is 5.73 Å². The fraction of sp³-hybridized carbons (Fsp3) is 0.214. The van der Waals surface area contributed by atoms with Crippen molar-refractivity contribution in [3.05, 3.63) is 48.0 Å². The van der Waals surface area contributed by atoms with E-state index in [9.17, 15) is 4.79 Å². The second-order valence-electron chi connectivity index (χ2n) is 4.54. The highest BCUT2D eigenvalue weighted by Gasteiger charge is 2.28. The number of hydrogen-bond donors (Lipinski definition) is 2. The van der Waals surface area contributed by atoms with Crippen LogP contribution in [0, 0.1) is 0 Å². The van der Waals surface area contributed by atoms with Gasteiger partial charge in [-0.1, -0.05) is 42.5 Å². The van der Waals surface area contributed by atoms with Crippen LogP contribution >= 0.6 is 0 Å². The first kappa shape index (κ1) is 11.6. The quantitative estimate of drug-likeness (QED) is 0.848. The Labute approximate surface area is 99.9 Å². The fourth-order valence-corrected chi connectivity index (χ4v) is 1.92. The maximum atomic E-state index is 11.0. The Balaban J connectivity index is 2.46. The molecule has 3 heteroatoms. The van der Waals surface area contributed by atoms with Crippen molar-refractivity contribution < 1.29 is 9.90 Å². The van der Waals surface area contributed by atoms with Gasteiger partial charge in [0.25, 0.3) is 0 Å². The monoisotopic (exact) mass is 229 g/mol. The average Bonchev–Trinajstić information content (AvgIpc) is 2.29. The molecule has 2 aromatic rings. The van der Waals surface area contributed by atoms with Crippen LogP contribution in [0.1, 0.15) is 12.5 Å². The third kappa shape index (κ3) is 2.29. The fourth-order valence-electron chi connectivity index (χ4n) is 1.92. The van der Waals surface area contributed by atoms with E-state index in [1.165, 1.54) is 6.92 Å². The van der Waals surface area contributed by atoms with Crippen LogP contribution in [0.15, 0.2) is 42.5 Å². The van der Waals surface area contributed by atoms with Crippen molar-refractivity contribution in [2.45, 2.75) is 18.9 Å². The van der Waals surface area contributed by atoms with Gasteiger partial charge in [0.15, 0.2) is 0 Å². The minimum absolute atomic E-state index is 0.323. The van der Waals surface area contributed by atoms with Gasteiger partial charge in [-0.3, -0.25) is 4.79 Å². The second kappa shape index (κ2) is 4.18. The maximum Gasteiger partial charge on any atom is 0.323 e. The molecule has 2 rings (SSSR count). The maximum absolute atomic E-state index is 11.0. The Morgan fingerprint density at radius 2 is 1.88 bits per heavy atom. The van der Waals surface area contributed by atoms with E-state index in [4.69, 9.17) is 10.8 Å². The van der Waals surface area contributed by atoms with E-state index in [0.717, 1.165) is 16.3 Å². The topological polar surface area (TPSA) is 63.3 Å². The SMILES string of the molecule is CC(N)(Cc1cccc2ccccc12)C(=O)O. The predicted octanol–water partition coefficient (Wildman–Crippen LogP) is 2.18. The smallest absolute Gasteiger partial charge is 0.323 e. The molecule has 0 aliphatic carbocycles. The number of carboxylic acid groups (broad SMARTS) is 1. The summed E-state index contributed by atoms with van der Waals surface area (Å²) >= 11 is 0. The van der Waals surface area contributed by atoms with Crippen molar-refractivity contribution in [1.29, 1.82) is 0 Å². The van der Waals surface area contributed by atoms with Gasteiger partial charge < -0.3 is 10.8 Å². The molecular weight excluding hydrogens is 214 g/mol. The molecule has 0 aliphatic heterocycles. The van der Waals surface area contributed by atoms with Gasteiger partial charge in [0, 0.05) is 6.42 Å². The number of aliphatic carboxylic acids is 1. The number of carbonyl (C=O) groups is 1. The van der Waals surface area contributed by atoms with Crippen molar-refractivity contribution >= 4 is 16.7 Å². The van der Waals surface area contributed by atoms with Gasteiger partial charge >= 0.3 is 5.97 Å². The molecule has 1 atom stereocenters. The van der Waals surface area contributed by atoms with E-state index in [1.807, 2.05) is 42.5 Å². The summed E-state index contributed by atoms with van der Waals surface area (Å²) < 4.78 is 0. The second-order valence-corrected chi connectivity index (χ2v) is 4.54. The van der Waals surface area contributed by atoms with E-state index in [2.05, 4.69) is 0 Å². The Bertz CT molecular complexity index is 556. The summed E-state index contributed by atoms with van der Waals surface area (Å²) in [5.74, 6) is -0.981. The summed E-state index contributed by atoms with van der Waals surface area (Å²) in [6.45, 7) is 1.54. The van der Waals surface area contributed by atoms with Crippen molar-refractivity contribution in [1.82, 2.24) is 0 Å². The number of carboxylic acids is 1. The van der Waals surface area contributed by atoms with E-state index >= 15 is 0 Å². The lowest BCUT2D eigenvalue weighted by Crippen LogP contribution is -2.46. The number of fused-ring (bicyclic) bond motifs is 1. The molecule has 0 bridgehead atoms. The third-order valence-electron chi connectivity index (χ3n) is 2.93. The molecule has 0 fully saturated rings. The highest BCUT2D eigenvalue weighted by atomic mass is 16.4. The van der Waals surface area contributed by atoms with Gasteiger partial charge in [-0.15, -0.1) is 0 Å². The summed E-state index contributed by atoms with van der Waals surface area (Å²) in [4.78, 5) is 11.0. The zero-order chi connectivity index (χ0) is 12.5. The van der Waals surface area contributed by atoms with Crippen LogP contribution in [-0.2, 0) is 11.2 Å². The Kier molecular flexibility index (Phi) is 2.86. The lowest BCUT2D eigenvalue weighted by atomic mass is 9.91. The van der Waals surface area contributed by atoms with Crippen LogP contribution in [0.4, 0.5) is 0 Å². The van der Waals surface area contributed by atoms with Crippen molar-refractivity contribution in [3.63, 3.8) is 0 Å². The minimum atomic E-state index is -1.23. The molecule has 0 heterocycles. The summed E-state index contributed by atoms with van der Waals surface area (Å²) in [5.41, 5.74) is 5.52. The van der Waals surface area contributed by atoms with Crippen LogP contribution in [0.5, 0.6) is 0 Å². The van der Waals surface area contributed by atoms with E-state index in [1.54, 1.807) is 0 Å². The predicted molar refractivity (Wildman–Crippen MR) is 67.9 cm³/mol. The number of rotatable bonds is 3. The van der Waals surface area contributed by atoms with Gasteiger partial charge in [-0.25, -0.2) is 0 Å². The first-order chi connectivity index (χ1) is 8.00. The van der Waals surface area contributed by atoms with Gasteiger partial charge in [0.05, 0.1) is 0 Å². The molecule has 1 unspecified atom stereocenters. The van der Waals surface area contributed by atoms with Gasteiger partial charge in [0.2, 0.25) is 0 Å². The van der Waals surface area contributed by atoms with Gasteiger partial charge in [-0.2, -0.15) is 0 Å². The Hall–Kier alpha value is -1.87. The molecule has 0 amide bonds. The normalized spacial score (nSPS) is 14.5. The molecule has 0 aliphatic rings. The first-order valence-corrected chi connectivity index (χ1v) is 5.49. The molecule has 0 saturated heterocycles. The number of benzene rings is 2. The molecule has 88 valence electrons. The molecule has 0 saturated carbocycles. The lowest BCUT2D eigenvalue weighted by Gasteiger charge is -2.20. The number of hydrogen-bond acceptors (Lipinski definition) is 2. The average molecular weight is 229 g/mol. The molecule has 17 heavy (non-hydrogen) atoms. The largest absolute Gasteiger partial charge is 0.480 e. The molecule has 0 radical (unpaired) electrons. The minimum Gasteiger partial charge on any atom is -0.480 e. The standard InChI is InChI=1S/C14H15NO2/c1-14(15,13(16)17)9-11-7-4-6-10-5-2-3-8-12(10)11/h2-8H,9,15H2,1H3,(H,16,17). The Morgan fingerprint density at radius 3 is 2.59 bits per heavy atom. The summed E-state index contributed by atoms with van der Waals surface area (Å²) in [6.07, 6.45) is 0.323. The van der Waals surface area contributed by atoms with E-state index in [0.29, 0.717) is 6.42 Å². The Morgan fingerprint density at radius 1 is 1.24 bits per heavy atom. The van der Waals surface area contributed by atoms with Gasteiger partial charge in [-0.05, 0) is 23.3 Å². The zero-order valence-corrected chi connectivity index (χ0v) is 9.68. The van der Waals surface area contributed by atoms with Crippen LogP contribution in [0.25, 0.3) is 10.8 Å². The molecule has 3 N–H and O–H groups in total. The zero-order valence-electron chi connectivity index (χ0n) is 9.68. The van der Waals surface area contributed by atoms with Crippen molar-refractivity contribution in [2.24, 2.45) is 5.73 Å². The first-order valence-electron chi connectivity index (χ1n) is 5.49. The van der Waals surface area contributed by atoms with Gasteiger partial charge in [0.1, 0.15) is 5.54 Å². The van der Waals surface area contributed by atoms with E-state index in [-0.39, 0.29) is 0 Å². The summed E-state index contributed by atoms with van der Waals surface area (Å²) in [5, 5.41) is 11.2. The lowest BCUT2D eigenvalue weighted by molar-refractivity contribution is -0.142. The van der Waals surface area contributed by atoms with Crippen LogP contribution in [0.3, 0.4) is 0 Å². The van der Waals surface area contributed by atoms with Crippen LogP contribution in [-0.4, -0.2) is 16.6 Å². The molecule has 0 spiro atoms. The van der Waals surface area contributed by atoms with Crippen molar-refractivity contribution in [2.75, 3.05) is 0 Å². The van der Waals surface area contributed by atoms with Crippen molar-refractivity contribution in [3.8, 4) is 0 Å².